The van der Waals surface area contributed by atoms with Gasteiger partial charge in [0, 0.05) is 6.54 Å². The molecule has 0 atom stereocenters. The molecule has 0 aromatic heterocycles. The highest BCUT2D eigenvalue weighted by molar-refractivity contribution is 5.83. The minimum absolute atomic E-state index is 0.254. The molecule has 3 nitrogen and oxygen atoms in total. The molecule has 0 unspecified atom stereocenters. The maximum Gasteiger partial charge on any atom is 0.237 e. The standard InChI is InChI=1S/C12H17FN2O/c1-8-6-10(13)5-4-9(8)7-15-12(2,3)11(14)16/h4-6,15H,7H2,1-3H3,(H2,14,16). The Morgan fingerprint density at radius 3 is 2.62 bits per heavy atom. The van der Waals surface area contributed by atoms with E-state index < -0.39 is 11.4 Å². The highest BCUT2D eigenvalue weighted by Gasteiger charge is 2.23. The summed E-state index contributed by atoms with van der Waals surface area (Å²) in [4.78, 5) is 11.1. The maximum absolute atomic E-state index is 12.9. The van der Waals surface area contributed by atoms with Crippen molar-refractivity contribution in [3.05, 3.63) is 35.1 Å². The lowest BCUT2D eigenvalue weighted by Gasteiger charge is -2.22. The van der Waals surface area contributed by atoms with Crippen molar-refractivity contribution in [2.75, 3.05) is 0 Å². The van der Waals surface area contributed by atoms with Crippen LogP contribution < -0.4 is 11.1 Å². The van der Waals surface area contributed by atoms with Crippen LogP contribution in [-0.4, -0.2) is 11.4 Å². The molecule has 0 aliphatic carbocycles. The third-order valence-electron chi connectivity index (χ3n) is 2.64. The van der Waals surface area contributed by atoms with Crippen LogP contribution in [0.3, 0.4) is 0 Å². The quantitative estimate of drug-likeness (QED) is 0.814. The maximum atomic E-state index is 12.9. The number of halogens is 1. The molecule has 0 aliphatic heterocycles. The molecule has 0 saturated heterocycles. The Morgan fingerprint density at radius 2 is 2.12 bits per heavy atom. The van der Waals surface area contributed by atoms with Crippen molar-refractivity contribution in [3.63, 3.8) is 0 Å². The monoisotopic (exact) mass is 224 g/mol. The minimum atomic E-state index is -0.763. The molecule has 0 fully saturated rings. The summed E-state index contributed by atoms with van der Waals surface area (Å²) in [5.74, 6) is -0.664. The Labute approximate surface area is 94.8 Å². The van der Waals surface area contributed by atoms with Crippen LogP contribution in [0.2, 0.25) is 0 Å². The number of hydrogen-bond donors (Lipinski definition) is 2. The number of carbonyl (C=O) groups excluding carboxylic acids is 1. The van der Waals surface area contributed by atoms with Crippen LogP contribution in [0.25, 0.3) is 0 Å². The van der Waals surface area contributed by atoms with Gasteiger partial charge in [0.1, 0.15) is 5.82 Å². The van der Waals surface area contributed by atoms with Crippen LogP contribution >= 0.6 is 0 Å². The predicted octanol–water partition coefficient (Wildman–Crippen LogP) is 1.49. The van der Waals surface area contributed by atoms with Gasteiger partial charge < -0.3 is 5.73 Å². The highest BCUT2D eigenvalue weighted by atomic mass is 19.1. The van der Waals surface area contributed by atoms with Crippen molar-refractivity contribution in [2.24, 2.45) is 5.73 Å². The van der Waals surface area contributed by atoms with E-state index in [1.807, 2.05) is 6.92 Å². The van der Waals surface area contributed by atoms with Gasteiger partial charge in [-0.25, -0.2) is 4.39 Å². The van der Waals surface area contributed by atoms with Gasteiger partial charge in [-0.2, -0.15) is 0 Å². The van der Waals surface area contributed by atoms with E-state index in [4.69, 9.17) is 5.73 Å². The largest absolute Gasteiger partial charge is 0.368 e. The van der Waals surface area contributed by atoms with E-state index in [1.54, 1.807) is 19.9 Å². The summed E-state index contributed by atoms with van der Waals surface area (Å²) in [6.45, 7) is 5.75. The normalized spacial score (nSPS) is 11.5. The van der Waals surface area contributed by atoms with Crippen LogP contribution in [0.1, 0.15) is 25.0 Å². The van der Waals surface area contributed by atoms with Crippen LogP contribution in [0.15, 0.2) is 18.2 Å². The molecule has 0 saturated carbocycles. The molecule has 0 spiro atoms. The van der Waals surface area contributed by atoms with Gasteiger partial charge in [0.05, 0.1) is 5.54 Å². The smallest absolute Gasteiger partial charge is 0.237 e. The molecule has 4 heteroatoms. The fraction of sp³-hybridized carbons (Fsp3) is 0.417. The molecule has 0 aliphatic rings. The van der Waals surface area contributed by atoms with Gasteiger partial charge in [-0.3, -0.25) is 10.1 Å². The zero-order valence-electron chi connectivity index (χ0n) is 9.80. The molecular weight excluding hydrogens is 207 g/mol. The fourth-order valence-electron chi connectivity index (χ4n) is 1.26. The van der Waals surface area contributed by atoms with E-state index in [2.05, 4.69) is 5.32 Å². The zero-order chi connectivity index (χ0) is 12.3. The Bertz CT molecular complexity index is 402. The van der Waals surface area contributed by atoms with E-state index in [9.17, 15) is 9.18 Å². The molecule has 1 rings (SSSR count). The fourth-order valence-corrected chi connectivity index (χ4v) is 1.26. The number of primary amides is 1. The number of amides is 1. The molecule has 1 aromatic rings. The molecule has 1 aromatic carbocycles. The average Bonchev–Trinajstić information content (AvgIpc) is 2.16. The summed E-state index contributed by atoms with van der Waals surface area (Å²) in [6.07, 6.45) is 0. The van der Waals surface area contributed by atoms with Gasteiger partial charge >= 0.3 is 0 Å². The van der Waals surface area contributed by atoms with E-state index >= 15 is 0 Å². The van der Waals surface area contributed by atoms with Crippen molar-refractivity contribution >= 4 is 5.91 Å². The highest BCUT2D eigenvalue weighted by Crippen LogP contribution is 2.11. The first-order chi connectivity index (χ1) is 7.33. The van der Waals surface area contributed by atoms with Gasteiger partial charge in [-0.05, 0) is 44.0 Å². The lowest BCUT2D eigenvalue weighted by Crippen LogP contribution is -2.50. The molecule has 88 valence electrons. The summed E-state index contributed by atoms with van der Waals surface area (Å²) in [6, 6.07) is 4.57. The third-order valence-corrected chi connectivity index (χ3v) is 2.64. The summed E-state index contributed by atoms with van der Waals surface area (Å²) in [5.41, 5.74) is 6.28. The molecule has 1 amide bonds. The molecule has 16 heavy (non-hydrogen) atoms. The first-order valence-electron chi connectivity index (χ1n) is 5.13. The number of nitrogens with two attached hydrogens (primary N) is 1. The van der Waals surface area contributed by atoms with Crippen molar-refractivity contribution in [3.8, 4) is 0 Å². The lowest BCUT2D eigenvalue weighted by molar-refractivity contribution is -0.123. The first-order valence-corrected chi connectivity index (χ1v) is 5.13. The Balaban J connectivity index is 2.72. The molecule has 0 heterocycles. The Morgan fingerprint density at radius 1 is 1.50 bits per heavy atom. The van der Waals surface area contributed by atoms with Crippen molar-refractivity contribution < 1.29 is 9.18 Å². The van der Waals surface area contributed by atoms with Gasteiger partial charge in [-0.15, -0.1) is 0 Å². The number of benzene rings is 1. The van der Waals surface area contributed by atoms with Gasteiger partial charge in [-0.1, -0.05) is 6.07 Å². The van der Waals surface area contributed by atoms with Crippen LogP contribution in [-0.2, 0) is 11.3 Å². The second-order valence-corrected chi connectivity index (χ2v) is 4.41. The number of rotatable bonds is 4. The van der Waals surface area contributed by atoms with Gasteiger partial charge in [0.25, 0.3) is 0 Å². The topological polar surface area (TPSA) is 55.1 Å². The SMILES string of the molecule is Cc1cc(F)ccc1CNC(C)(C)C(N)=O. The summed E-state index contributed by atoms with van der Waals surface area (Å²) in [5, 5.41) is 3.04. The number of aryl methyl sites for hydroxylation is 1. The number of hydrogen-bond acceptors (Lipinski definition) is 2. The Hall–Kier alpha value is -1.42. The average molecular weight is 224 g/mol. The summed E-state index contributed by atoms with van der Waals surface area (Å²) < 4.78 is 12.9. The van der Waals surface area contributed by atoms with Crippen LogP contribution in [0.4, 0.5) is 4.39 Å². The van der Waals surface area contributed by atoms with Crippen molar-refractivity contribution in [1.82, 2.24) is 5.32 Å². The van der Waals surface area contributed by atoms with E-state index in [0.29, 0.717) is 6.54 Å². The predicted molar refractivity (Wildman–Crippen MR) is 61.3 cm³/mol. The minimum Gasteiger partial charge on any atom is -0.368 e. The summed E-state index contributed by atoms with van der Waals surface area (Å²) in [7, 11) is 0. The van der Waals surface area contributed by atoms with Gasteiger partial charge in [0.2, 0.25) is 5.91 Å². The van der Waals surface area contributed by atoms with E-state index in [-0.39, 0.29) is 5.82 Å². The zero-order valence-corrected chi connectivity index (χ0v) is 9.80. The second-order valence-electron chi connectivity index (χ2n) is 4.41. The first kappa shape index (κ1) is 12.6. The van der Waals surface area contributed by atoms with Crippen molar-refractivity contribution in [1.29, 1.82) is 0 Å². The van der Waals surface area contributed by atoms with E-state index in [1.165, 1.54) is 12.1 Å². The number of nitrogens with one attached hydrogen (secondary N) is 1. The number of carbonyl (C=O) groups is 1. The third kappa shape index (κ3) is 3.03. The van der Waals surface area contributed by atoms with Gasteiger partial charge in [0.15, 0.2) is 0 Å². The second kappa shape index (κ2) is 4.61. The molecule has 3 N–H and O–H groups in total. The van der Waals surface area contributed by atoms with Crippen LogP contribution in [0.5, 0.6) is 0 Å². The van der Waals surface area contributed by atoms with Crippen LogP contribution in [0, 0.1) is 12.7 Å². The van der Waals surface area contributed by atoms with Crippen molar-refractivity contribution in [2.45, 2.75) is 32.9 Å². The summed E-state index contributed by atoms with van der Waals surface area (Å²) >= 11 is 0. The lowest BCUT2D eigenvalue weighted by atomic mass is 10.0. The molecule has 0 bridgehead atoms. The van der Waals surface area contributed by atoms with E-state index in [0.717, 1.165) is 11.1 Å². The molecular formula is C12H17FN2O. The Kier molecular flexibility index (Phi) is 3.65. The molecule has 0 radical (unpaired) electrons.